The first-order valence-corrected chi connectivity index (χ1v) is 5.88. The first-order valence-electron chi connectivity index (χ1n) is 3.87. The summed E-state index contributed by atoms with van der Waals surface area (Å²) in [5, 5.41) is 3.63. The fourth-order valence-corrected chi connectivity index (χ4v) is 2.60. The lowest BCUT2D eigenvalue weighted by molar-refractivity contribution is 1.69. The highest BCUT2D eigenvalue weighted by molar-refractivity contribution is 7.13. The number of benzene rings is 1. The van der Waals surface area contributed by atoms with E-state index in [0.717, 1.165) is 10.4 Å². The summed E-state index contributed by atoms with van der Waals surface area (Å²) in [6.07, 6.45) is 0. The zero-order valence-electron chi connectivity index (χ0n) is 6.93. The molecule has 2 aromatic rings. The van der Waals surface area contributed by atoms with E-state index in [2.05, 4.69) is 0 Å². The minimum absolute atomic E-state index is 0.483. The second-order valence-electron chi connectivity index (χ2n) is 2.72. The van der Waals surface area contributed by atoms with Crippen molar-refractivity contribution < 1.29 is 0 Å². The Morgan fingerprint density at radius 3 is 2.29 bits per heavy atom. The summed E-state index contributed by atoms with van der Waals surface area (Å²) in [7, 11) is 0. The van der Waals surface area contributed by atoms with Crippen molar-refractivity contribution >= 4 is 46.1 Å². The molecule has 0 aliphatic heterocycles. The number of hydrogen-bond donors (Lipinski definition) is 0. The predicted octanol–water partition coefficient (Wildman–Crippen LogP) is 5.38. The molecule has 0 aliphatic carbocycles. The highest BCUT2D eigenvalue weighted by atomic mass is 35.5. The molecule has 1 aromatic heterocycles. The van der Waals surface area contributed by atoms with Crippen LogP contribution in [0.4, 0.5) is 0 Å². The maximum Gasteiger partial charge on any atom is 0.0607 e. The van der Waals surface area contributed by atoms with Gasteiger partial charge in [-0.3, -0.25) is 0 Å². The Morgan fingerprint density at radius 1 is 0.929 bits per heavy atom. The average Bonchev–Trinajstić information content (AvgIpc) is 2.64. The summed E-state index contributed by atoms with van der Waals surface area (Å²) in [4.78, 5) is 1.09. The third kappa shape index (κ3) is 1.91. The van der Waals surface area contributed by atoms with Gasteiger partial charge < -0.3 is 0 Å². The lowest BCUT2D eigenvalue weighted by Gasteiger charge is -2.03. The van der Waals surface area contributed by atoms with E-state index < -0.39 is 0 Å². The molecule has 0 fully saturated rings. The third-order valence-corrected chi connectivity index (χ3v) is 3.73. The van der Waals surface area contributed by atoms with Crippen LogP contribution in [0.15, 0.2) is 29.6 Å². The van der Waals surface area contributed by atoms with Crippen molar-refractivity contribution in [1.29, 1.82) is 0 Å². The molecule has 4 heteroatoms. The lowest BCUT2D eigenvalue weighted by atomic mass is 10.2. The molecule has 0 amide bonds. The van der Waals surface area contributed by atoms with E-state index in [9.17, 15) is 0 Å². The van der Waals surface area contributed by atoms with Crippen LogP contribution in [-0.2, 0) is 0 Å². The van der Waals surface area contributed by atoms with Gasteiger partial charge in [0.1, 0.15) is 0 Å². The molecule has 0 atom stereocenters. The molecule has 0 unspecified atom stereocenters. The Kier molecular flexibility index (Phi) is 3.03. The summed E-state index contributed by atoms with van der Waals surface area (Å²) in [6.45, 7) is 0. The molecule has 0 nitrogen and oxygen atoms in total. The zero-order chi connectivity index (χ0) is 10.1. The molecule has 0 saturated heterocycles. The van der Waals surface area contributed by atoms with Crippen LogP contribution in [0, 0.1) is 0 Å². The summed E-state index contributed by atoms with van der Waals surface area (Å²) in [5.41, 5.74) is 0.927. The molecular formula is C10H5Cl3S. The van der Waals surface area contributed by atoms with Crippen LogP contribution in [0.2, 0.25) is 15.1 Å². The summed E-state index contributed by atoms with van der Waals surface area (Å²) in [6, 6.07) is 7.42. The van der Waals surface area contributed by atoms with Crippen molar-refractivity contribution in [1.82, 2.24) is 0 Å². The fraction of sp³-hybridized carbons (Fsp3) is 0. The molecular weight excluding hydrogens is 259 g/mol. The van der Waals surface area contributed by atoms with Crippen LogP contribution in [0.1, 0.15) is 0 Å². The van der Waals surface area contributed by atoms with Crippen molar-refractivity contribution in [2.24, 2.45) is 0 Å². The first kappa shape index (κ1) is 10.3. The van der Waals surface area contributed by atoms with Crippen LogP contribution < -0.4 is 0 Å². The molecule has 0 saturated carbocycles. The van der Waals surface area contributed by atoms with Gasteiger partial charge in [0, 0.05) is 10.4 Å². The van der Waals surface area contributed by atoms with Crippen LogP contribution in [-0.4, -0.2) is 0 Å². The molecule has 72 valence electrons. The number of thiophene rings is 1. The normalized spacial score (nSPS) is 10.5. The molecule has 0 spiro atoms. The van der Waals surface area contributed by atoms with Gasteiger partial charge in [-0.25, -0.2) is 0 Å². The van der Waals surface area contributed by atoms with Gasteiger partial charge in [-0.1, -0.05) is 40.9 Å². The zero-order valence-corrected chi connectivity index (χ0v) is 10.0. The Balaban J connectivity index is 2.60. The maximum absolute atomic E-state index is 6.06. The second kappa shape index (κ2) is 4.11. The maximum atomic E-state index is 6.06. The van der Waals surface area contributed by atoms with Crippen molar-refractivity contribution in [2.45, 2.75) is 0 Å². The Bertz CT molecular complexity index is 449. The van der Waals surface area contributed by atoms with E-state index in [1.807, 2.05) is 17.5 Å². The second-order valence-corrected chi connectivity index (χ2v) is 4.89. The molecule has 0 bridgehead atoms. The Morgan fingerprint density at radius 2 is 1.64 bits per heavy atom. The van der Waals surface area contributed by atoms with Gasteiger partial charge in [0.05, 0.1) is 15.1 Å². The first-order chi connectivity index (χ1) is 6.68. The van der Waals surface area contributed by atoms with Gasteiger partial charge in [0.2, 0.25) is 0 Å². The van der Waals surface area contributed by atoms with Crippen molar-refractivity contribution in [3.05, 3.63) is 44.7 Å². The molecule has 14 heavy (non-hydrogen) atoms. The number of halogens is 3. The highest BCUT2D eigenvalue weighted by Crippen LogP contribution is 2.36. The van der Waals surface area contributed by atoms with Crippen LogP contribution in [0.25, 0.3) is 10.4 Å². The van der Waals surface area contributed by atoms with Crippen molar-refractivity contribution in [3.63, 3.8) is 0 Å². The van der Waals surface area contributed by atoms with E-state index in [-0.39, 0.29) is 0 Å². The lowest BCUT2D eigenvalue weighted by Crippen LogP contribution is -1.77. The van der Waals surface area contributed by atoms with E-state index in [4.69, 9.17) is 34.8 Å². The number of hydrogen-bond acceptors (Lipinski definition) is 1. The monoisotopic (exact) mass is 262 g/mol. The van der Waals surface area contributed by atoms with Gasteiger partial charge >= 0.3 is 0 Å². The third-order valence-electron chi connectivity index (χ3n) is 1.80. The van der Waals surface area contributed by atoms with E-state index in [1.54, 1.807) is 23.5 Å². The van der Waals surface area contributed by atoms with E-state index in [0.29, 0.717) is 15.1 Å². The van der Waals surface area contributed by atoms with Gasteiger partial charge in [-0.15, -0.1) is 11.3 Å². The summed E-state index contributed by atoms with van der Waals surface area (Å²) >= 11 is 19.4. The van der Waals surface area contributed by atoms with E-state index >= 15 is 0 Å². The largest absolute Gasteiger partial charge is 0.144 e. The van der Waals surface area contributed by atoms with Gasteiger partial charge in [0.15, 0.2) is 0 Å². The SMILES string of the molecule is Clc1cc(Cl)c(-c2cccs2)cc1Cl. The average molecular weight is 264 g/mol. The standard InChI is InChI=1S/C10H5Cl3S/c11-7-5-9(13)8(12)4-6(7)10-2-1-3-14-10/h1-5H. The minimum Gasteiger partial charge on any atom is -0.144 e. The summed E-state index contributed by atoms with van der Waals surface area (Å²) in [5.74, 6) is 0. The predicted molar refractivity (Wildman–Crippen MR) is 64.8 cm³/mol. The Hall–Kier alpha value is -0.210. The van der Waals surface area contributed by atoms with Crippen LogP contribution in [0.3, 0.4) is 0 Å². The van der Waals surface area contributed by atoms with Crippen LogP contribution in [0.5, 0.6) is 0 Å². The van der Waals surface area contributed by atoms with Gasteiger partial charge in [0.25, 0.3) is 0 Å². The molecule has 1 aromatic carbocycles. The van der Waals surface area contributed by atoms with Gasteiger partial charge in [-0.05, 0) is 23.6 Å². The topological polar surface area (TPSA) is 0 Å². The van der Waals surface area contributed by atoms with Crippen LogP contribution >= 0.6 is 46.1 Å². The Labute approximate surface area is 101 Å². The highest BCUT2D eigenvalue weighted by Gasteiger charge is 2.08. The molecule has 0 aliphatic rings. The van der Waals surface area contributed by atoms with Crippen molar-refractivity contribution in [2.75, 3.05) is 0 Å². The quantitative estimate of drug-likeness (QED) is 0.606. The molecule has 0 N–H and O–H groups in total. The van der Waals surface area contributed by atoms with Crippen molar-refractivity contribution in [3.8, 4) is 10.4 Å². The fourth-order valence-electron chi connectivity index (χ4n) is 1.14. The summed E-state index contributed by atoms with van der Waals surface area (Å²) < 4.78 is 0. The molecule has 1 heterocycles. The molecule has 0 radical (unpaired) electrons. The minimum atomic E-state index is 0.483. The molecule has 2 rings (SSSR count). The van der Waals surface area contributed by atoms with E-state index in [1.165, 1.54) is 0 Å². The number of rotatable bonds is 1. The van der Waals surface area contributed by atoms with Gasteiger partial charge in [-0.2, -0.15) is 0 Å². The smallest absolute Gasteiger partial charge is 0.0607 e.